The van der Waals surface area contributed by atoms with E-state index < -0.39 is 23.3 Å². The average molecular weight is 474 g/mol. The highest BCUT2D eigenvalue weighted by atomic mass is 32.1. The van der Waals surface area contributed by atoms with Gasteiger partial charge in [0.2, 0.25) is 0 Å². The standard InChI is InChI=1S/C25H31NO6S/c1-4-5-6-10-18-11-12-19(33-18)14-17(3)23(28)22-20(27)15-21(32-24(22)29)16(2)9-7-8-13-26-25(30)31/h8,11-16,26-27H,4-7,9-10H2,1-3H3,(H,30,31)/b13-8?,17-14+. The fraction of sp³-hybridized carbons (Fsp3) is 0.400. The number of hydrogen-bond donors (Lipinski definition) is 3. The van der Waals surface area contributed by atoms with Gasteiger partial charge in [0, 0.05) is 27.9 Å². The molecule has 2 aromatic heterocycles. The number of nitrogens with one attached hydrogen (secondary N) is 1. The zero-order valence-corrected chi connectivity index (χ0v) is 20.0. The molecule has 0 spiro atoms. The number of thiophene rings is 1. The lowest BCUT2D eigenvalue weighted by Crippen LogP contribution is -2.16. The summed E-state index contributed by atoms with van der Waals surface area (Å²) in [5.41, 5.74) is -0.898. The van der Waals surface area contributed by atoms with Crippen LogP contribution in [-0.2, 0) is 6.42 Å². The van der Waals surface area contributed by atoms with Crippen LogP contribution in [0.25, 0.3) is 6.08 Å². The molecule has 0 bridgehead atoms. The van der Waals surface area contributed by atoms with E-state index in [1.54, 1.807) is 30.4 Å². The van der Waals surface area contributed by atoms with Gasteiger partial charge in [0.25, 0.3) is 0 Å². The Morgan fingerprint density at radius 2 is 2.03 bits per heavy atom. The molecular weight excluding hydrogens is 442 g/mol. The van der Waals surface area contributed by atoms with E-state index in [1.165, 1.54) is 23.6 Å². The van der Waals surface area contributed by atoms with E-state index in [0.717, 1.165) is 24.1 Å². The molecule has 0 aromatic carbocycles. The molecular formula is C25H31NO6S. The lowest BCUT2D eigenvalue weighted by atomic mass is 10.00. The van der Waals surface area contributed by atoms with Crippen LogP contribution in [0.4, 0.5) is 4.79 Å². The Labute approximate surface area is 197 Å². The third-order valence-electron chi connectivity index (χ3n) is 5.18. The Balaban J connectivity index is 2.09. The molecule has 0 saturated carbocycles. The van der Waals surface area contributed by atoms with Crippen LogP contribution in [0.1, 0.15) is 84.7 Å². The summed E-state index contributed by atoms with van der Waals surface area (Å²) in [6, 6.07) is 5.32. The number of ketones is 1. The monoisotopic (exact) mass is 473 g/mol. The van der Waals surface area contributed by atoms with Gasteiger partial charge in [-0.25, -0.2) is 9.59 Å². The first kappa shape index (κ1) is 26.1. The van der Waals surface area contributed by atoms with Gasteiger partial charge >= 0.3 is 11.7 Å². The van der Waals surface area contributed by atoms with Gasteiger partial charge in [-0.3, -0.25) is 10.1 Å². The lowest BCUT2D eigenvalue weighted by Gasteiger charge is -2.11. The molecule has 8 heteroatoms. The van der Waals surface area contributed by atoms with Gasteiger partial charge in [0.05, 0.1) is 0 Å². The first-order valence-corrected chi connectivity index (χ1v) is 11.9. The van der Waals surface area contributed by atoms with Crippen LogP contribution in [0.15, 0.2) is 45.3 Å². The number of carbonyl (C=O) groups excluding carboxylic acids is 1. The zero-order valence-electron chi connectivity index (χ0n) is 19.2. The van der Waals surface area contributed by atoms with Crippen molar-refractivity contribution in [2.24, 2.45) is 0 Å². The molecule has 178 valence electrons. The topological polar surface area (TPSA) is 117 Å². The molecule has 0 aliphatic heterocycles. The Kier molecular flexibility index (Phi) is 10.1. The molecule has 1 unspecified atom stereocenters. The summed E-state index contributed by atoms with van der Waals surface area (Å²) in [5.74, 6) is -0.911. The van der Waals surface area contributed by atoms with Crippen LogP contribution in [0.3, 0.4) is 0 Å². The summed E-state index contributed by atoms with van der Waals surface area (Å²) >= 11 is 1.62. The van der Waals surface area contributed by atoms with Gasteiger partial charge in [-0.1, -0.05) is 32.8 Å². The molecule has 2 heterocycles. The van der Waals surface area contributed by atoms with Crippen molar-refractivity contribution in [2.45, 2.75) is 65.2 Å². The van der Waals surface area contributed by atoms with Crippen molar-refractivity contribution in [3.8, 4) is 5.75 Å². The Morgan fingerprint density at radius 3 is 2.70 bits per heavy atom. The van der Waals surface area contributed by atoms with Crippen molar-refractivity contribution in [1.82, 2.24) is 5.32 Å². The summed E-state index contributed by atoms with van der Waals surface area (Å²) in [6.07, 6.45) is 9.13. The maximum absolute atomic E-state index is 12.8. The van der Waals surface area contributed by atoms with Gasteiger partial charge in [0.1, 0.15) is 17.1 Å². The third-order valence-corrected chi connectivity index (χ3v) is 6.27. The van der Waals surface area contributed by atoms with E-state index in [-0.39, 0.29) is 17.2 Å². The minimum absolute atomic E-state index is 0.212. The largest absolute Gasteiger partial charge is 0.507 e. The van der Waals surface area contributed by atoms with Crippen LogP contribution in [0.2, 0.25) is 0 Å². The summed E-state index contributed by atoms with van der Waals surface area (Å²) in [6.45, 7) is 5.60. The van der Waals surface area contributed by atoms with E-state index in [4.69, 9.17) is 9.52 Å². The highest BCUT2D eigenvalue weighted by Crippen LogP contribution is 2.27. The quantitative estimate of drug-likeness (QED) is 0.195. The van der Waals surface area contributed by atoms with Crippen molar-refractivity contribution in [2.75, 3.05) is 0 Å². The number of hydrogen-bond acceptors (Lipinski definition) is 6. The number of amides is 1. The van der Waals surface area contributed by atoms with E-state index in [2.05, 4.69) is 18.3 Å². The second kappa shape index (κ2) is 12.8. The van der Waals surface area contributed by atoms with Crippen molar-refractivity contribution >= 4 is 29.3 Å². The first-order valence-electron chi connectivity index (χ1n) is 11.1. The maximum atomic E-state index is 12.8. The summed E-state index contributed by atoms with van der Waals surface area (Å²) < 4.78 is 5.33. The second-order valence-corrected chi connectivity index (χ2v) is 9.14. The zero-order chi connectivity index (χ0) is 24.4. The molecule has 2 rings (SSSR count). The molecule has 0 fully saturated rings. The van der Waals surface area contributed by atoms with Gasteiger partial charge in [-0.2, -0.15) is 0 Å². The Morgan fingerprint density at radius 1 is 1.27 bits per heavy atom. The molecule has 1 atom stereocenters. The predicted molar refractivity (Wildman–Crippen MR) is 130 cm³/mol. The number of aryl methyl sites for hydroxylation is 1. The minimum Gasteiger partial charge on any atom is -0.507 e. The number of aromatic hydroxyl groups is 1. The molecule has 0 aliphatic rings. The van der Waals surface area contributed by atoms with Gasteiger partial charge in [0.15, 0.2) is 5.78 Å². The molecule has 1 amide bonds. The average Bonchev–Trinajstić information content (AvgIpc) is 3.19. The SMILES string of the molecule is CCCCCc1ccc(/C=C(\C)C(=O)c2c(O)cc(C(C)CCC=CNC(=O)O)oc2=O)s1. The predicted octanol–water partition coefficient (Wildman–Crippen LogP) is 6.09. The smallest absolute Gasteiger partial charge is 0.408 e. The minimum atomic E-state index is -1.15. The van der Waals surface area contributed by atoms with Crippen molar-refractivity contribution in [3.63, 3.8) is 0 Å². The molecule has 0 aliphatic carbocycles. The number of rotatable bonds is 12. The van der Waals surface area contributed by atoms with E-state index in [9.17, 15) is 19.5 Å². The van der Waals surface area contributed by atoms with Crippen LogP contribution < -0.4 is 10.9 Å². The summed E-state index contributed by atoms with van der Waals surface area (Å²) in [5, 5.41) is 21.0. The number of unbranched alkanes of at least 4 members (excludes halogenated alkanes) is 2. The van der Waals surface area contributed by atoms with Crippen molar-refractivity contribution < 1.29 is 24.2 Å². The van der Waals surface area contributed by atoms with Gasteiger partial charge < -0.3 is 14.6 Å². The third kappa shape index (κ3) is 8.05. The van der Waals surface area contributed by atoms with E-state index in [0.29, 0.717) is 18.4 Å². The number of allylic oxidation sites excluding steroid dienone is 2. The number of carbonyl (C=O) groups is 2. The molecule has 0 saturated heterocycles. The molecule has 3 N–H and O–H groups in total. The van der Waals surface area contributed by atoms with Crippen molar-refractivity contribution in [3.05, 3.63) is 67.5 Å². The van der Waals surface area contributed by atoms with Crippen LogP contribution >= 0.6 is 11.3 Å². The molecule has 33 heavy (non-hydrogen) atoms. The fourth-order valence-corrected chi connectivity index (χ4v) is 4.34. The normalized spacial score (nSPS) is 12.8. The van der Waals surface area contributed by atoms with Crippen molar-refractivity contribution in [1.29, 1.82) is 0 Å². The lowest BCUT2D eigenvalue weighted by molar-refractivity contribution is 0.102. The van der Waals surface area contributed by atoms with E-state index in [1.807, 2.05) is 13.0 Å². The number of carboxylic acid groups (broad SMARTS) is 1. The highest BCUT2D eigenvalue weighted by molar-refractivity contribution is 7.12. The first-order chi connectivity index (χ1) is 15.7. The highest BCUT2D eigenvalue weighted by Gasteiger charge is 2.22. The summed E-state index contributed by atoms with van der Waals surface area (Å²) in [7, 11) is 0. The molecule has 0 radical (unpaired) electrons. The summed E-state index contributed by atoms with van der Waals surface area (Å²) in [4.78, 5) is 37.9. The van der Waals surface area contributed by atoms with Crippen LogP contribution in [0.5, 0.6) is 5.75 Å². The van der Waals surface area contributed by atoms with Gasteiger partial charge in [-0.15, -0.1) is 11.3 Å². The number of Topliss-reactive ketones (excluding diaryl/α,β-unsaturated/α-hetero) is 1. The molecule has 2 aromatic rings. The Hall–Kier alpha value is -3.13. The van der Waals surface area contributed by atoms with E-state index >= 15 is 0 Å². The van der Waals surface area contributed by atoms with Crippen LogP contribution in [0, 0.1) is 0 Å². The maximum Gasteiger partial charge on any atom is 0.408 e. The second-order valence-electron chi connectivity index (χ2n) is 7.94. The van der Waals surface area contributed by atoms with Gasteiger partial charge in [-0.05, 0) is 56.4 Å². The molecule has 7 nitrogen and oxygen atoms in total. The fourth-order valence-electron chi connectivity index (χ4n) is 3.28. The van der Waals surface area contributed by atoms with Crippen LogP contribution in [-0.4, -0.2) is 22.1 Å². The Bertz CT molecular complexity index is 1080.